The first kappa shape index (κ1) is 12.6. The van der Waals surface area contributed by atoms with E-state index in [4.69, 9.17) is 0 Å². The highest BCUT2D eigenvalue weighted by Gasteiger charge is 2.34. The van der Waals surface area contributed by atoms with Crippen molar-refractivity contribution < 1.29 is 13.5 Å². The highest BCUT2D eigenvalue weighted by molar-refractivity contribution is 7.90. The fourth-order valence-corrected chi connectivity index (χ4v) is 3.18. The molecule has 4 heteroatoms. The van der Waals surface area contributed by atoms with Crippen LogP contribution in [0.5, 0.6) is 0 Å². The summed E-state index contributed by atoms with van der Waals surface area (Å²) in [6.45, 7) is 0. The standard InChI is InChI=1S/C13H18O3S/c1-17(15,16)8-4-7-13(14)9-11-5-2-3-6-12(11)10-13/h2-3,5-6,14H,4,7-10H2,1H3. The SMILES string of the molecule is CS(=O)(=O)CCCC1(O)Cc2ccccc2C1. The first-order valence-corrected chi connectivity index (χ1v) is 7.91. The summed E-state index contributed by atoms with van der Waals surface area (Å²) in [5.41, 5.74) is 1.64. The van der Waals surface area contributed by atoms with Gasteiger partial charge in [0.15, 0.2) is 0 Å². The first-order valence-electron chi connectivity index (χ1n) is 5.85. The van der Waals surface area contributed by atoms with Crippen LogP contribution in [0.25, 0.3) is 0 Å². The second-order valence-corrected chi connectivity index (χ2v) is 7.34. The lowest BCUT2D eigenvalue weighted by molar-refractivity contribution is 0.0419. The molecule has 0 saturated carbocycles. The van der Waals surface area contributed by atoms with E-state index in [-0.39, 0.29) is 5.75 Å². The molecule has 1 N–H and O–H groups in total. The molecule has 1 aliphatic rings. The molecule has 1 aliphatic carbocycles. The minimum absolute atomic E-state index is 0.158. The van der Waals surface area contributed by atoms with Crippen LogP contribution in [0.4, 0.5) is 0 Å². The molecule has 0 unspecified atom stereocenters. The van der Waals surface area contributed by atoms with Gasteiger partial charge in [0.1, 0.15) is 9.84 Å². The maximum atomic E-state index is 11.0. The van der Waals surface area contributed by atoms with Gasteiger partial charge in [-0.25, -0.2) is 8.42 Å². The van der Waals surface area contributed by atoms with Gasteiger partial charge >= 0.3 is 0 Å². The average Bonchev–Trinajstić information content (AvgIpc) is 2.51. The Morgan fingerprint density at radius 1 is 1.24 bits per heavy atom. The fraction of sp³-hybridized carbons (Fsp3) is 0.538. The van der Waals surface area contributed by atoms with Crippen molar-refractivity contribution in [3.63, 3.8) is 0 Å². The molecule has 0 bridgehead atoms. The minimum atomic E-state index is -2.92. The summed E-state index contributed by atoms with van der Waals surface area (Å²) in [4.78, 5) is 0. The number of aliphatic hydroxyl groups is 1. The predicted octanol–water partition coefficient (Wildman–Crippen LogP) is 1.34. The van der Waals surface area contributed by atoms with Crippen molar-refractivity contribution >= 4 is 9.84 Å². The molecule has 0 fully saturated rings. The van der Waals surface area contributed by atoms with Crippen LogP contribution >= 0.6 is 0 Å². The Morgan fingerprint density at radius 2 is 1.76 bits per heavy atom. The van der Waals surface area contributed by atoms with Crippen LogP contribution < -0.4 is 0 Å². The number of rotatable bonds is 4. The van der Waals surface area contributed by atoms with Gasteiger partial charge in [0.25, 0.3) is 0 Å². The fourth-order valence-electron chi connectivity index (χ4n) is 2.51. The molecule has 2 rings (SSSR count). The van der Waals surface area contributed by atoms with Crippen molar-refractivity contribution in [2.24, 2.45) is 0 Å². The number of sulfone groups is 1. The van der Waals surface area contributed by atoms with Crippen molar-refractivity contribution in [1.29, 1.82) is 0 Å². The molecular weight excluding hydrogens is 236 g/mol. The van der Waals surface area contributed by atoms with E-state index in [1.54, 1.807) is 0 Å². The lowest BCUT2D eigenvalue weighted by Gasteiger charge is -2.21. The van der Waals surface area contributed by atoms with Crippen LogP contribution in [0.1, 0.15) is 24.0 Å². The van der Waals surface area contributed by atoms with E-state index in [0.717, 1.165) is 0 Å². The number of fused-ring (bicyclic) bond motifs is 1. The Balaban J connectivity index is 1.96. The summed E-state index contributed by atoms with van der Waals surface area (Å²) in [6, 6.07) is 8.01. The second kappa shape index (κ2) is 4.42. The van der Waals surface area contributed by atoms with E-state index in [1.165, 1.54) is 17.4 Å². The molecule has 0 saturated heterocycles. The third-order valence-electron chi connectivity index (χ3n) is 3.31. The molecule has 0 radical (unpaired) electrons. The third-order valence-corrected chi connectivity index (χ3v) is 4.34. The summed E-state index contributed by atoms with van der Waals surface area (Å²) in [6.07, 6.45) is 3.61. The van der Waals surface area contributed by atoms with Crippen LogP contribution in [-0.2, 0) is 22.7 Å². The Morgan fingerprint density at radius 3 is 2.24 bits per heavy atom. The Hall–Kier alpha value is -0.870. The Kier molecular flexibility index (Phi) is 3.27. The highest BCUT2D eigenvalue weighted by atomic mass is 32.2. The van der Waals surface area contributed by atoms with Crippen molar-refractivity contribution in [1.82, 2.24) is 0 Å². The van der Waals surface area contributed by atoms with Crippen LogP contribution in [0.3, 0.4) is 0 Å². The van der Waals surface area contributed by atoms with E-state index >= 15 is 0 Å². The first-order chi connectivity index (χ1) is 7.88. The molecular formula is C13H18O3S. The summed E-state index contributed by atoms with van der Waals surface area (Å²) in [7, 11) is -2.92. The van der Waals surface area contributed by atoms with Gasteiger partial charge in [-0.3, -0.25) is 0 Å². The third kappa shape index (κ3) is 3.30. The summed E-state index contributed by atoms with van der Waals surface area (Å²) in [5, 5.41) is 10.4. The molecule has 0 amide bonds. The van der Waals surface area contributed by atoms with Gasteiger partial charge in [-0.15, -0.1) is 0 Å². The zero-order valence-electron chi connectivity index (χ0n) is 10.0. The molecule has 0 aliphatic heterocycles. The highest BCUT2D eigenvalue weighted by Crippen LogP contribution is 2.33. The van der Waals surface area contributed by atoms with Gasteiger partial charge in [0, 0.05) is 24.9 Å². The van der Waals surface area contributed by atoms with Crippen molar-refractivity contribution in [3.8, 4) is 0 Å². The lowest BCUT2D eigenvalue weighted by atomic mass is 9.95. The number of hydrogen-bond acceptors (Lipinski definition) is 3. The van der Waals surface area contributed by atoms with Crippen molar-refractivity contribution in [3.05, 3.63) is 35.4 Å². The topological polar surface area (TPSA) is 54.4 Å². The van der Waals surface area contributed by atoms with Gasteiger partial charge in [0.2, 0.25) is 0 Å². The molecule has 0 aromatic heterocycles. The monoisotopic (exact) mass is 254 g/mol. The van der Waals surface area contributed by atoms with E-state index in [9.17, 15) is 13.5 Å². The maximum absolute atomic E-state index is 11.0. The average molecular weight is 254 g/mol. The summed E-state index contributed by atoms with van der Waals surface area (Å²) >= 11 is 0. The van der Waals surface area contributed by atoms with Gasteiger partial charge in [-0.1, -0.05) is 24.3 Å². The largest absolute Gasteiger partial charge is 0.389 e. The van der Waals surface area contributed by atoms with Crippen molar-refractivity contribution in [2.75, 3.05) is 12.0 Å². The molecule has 1 aromatic rings. The van der Waals surface area contributed by atoms with Crippen LogP contribution in [0.2, 0.25) is 0 Å². The summed E-state index contributed by atoms with van der Waals surface area (Å²) < 4.78 is 22.1. The van der Waals surface area contributed by atoms with Crippen LogP contribution in [-0.4, -0.2) is 31.1 Å². The van der Waals surface area contributed by atoms with E-state index < -0.39 is 15.4 Å². The molecule has 1 aromatic carbocycles. The van der Waals surface area contributed by atoms with E-state index in [2.05, 4.69) is 0 Å². The molecule has 17 heavy (non-hydrogen) atoms. The van der Waals surface area contributed by atoms with E-state index in [0.29, 0.717) is 25.7 Å². The smallest absolute Gasteiger partial charge is 0.147 e. The van der Waals surface area contributed by atoms with Gasteiger partial charge < -0.3 is 5.11 Å². The predicted molar refractivity (Wildman–Crippen MR) is 67.7 cm³/mol. The van der Waals surface area contributed by atoms with Crippen LogP contribution in [0.15, 0.2) is 24.3 Å². The Bertz CT molecular complexity index is 480. The van der Waals surface area contributed by atoms with Gasteiger partial charge in [0.05, 0.1) is 5.60 Å². The van der Waals surface area contributed by atoms with Gasteiger partial charge in [-0.05, 0) is 24.0 Å². The lowest BCUT2D eigenvalue weighted by Crippen LogP contribution is -2.29. The zero-order valence-corrected chi connectivity index (χ0v) is 10.8. The molecule has 0 atom stereocenters. The van der Waals surface area contributed by atoms with Crippen molar-refractivity contribution in [2.45, 2.75) is 31.3 Å². The summed E-state index contributed by atoms with van der Waals surface area (Å²) in [5.74, 6) is 0.158. The minimum Gasteiger partial charge on any atom is -0.389 e. The molecule has 3 nitrogen and oxygen atoms in total. The second-order valence-electron chi connectivity index (χ2n) is 5.08. The number of benzene rings is 1. The quantitative estimate of drug-likeness (QED) is 0.882. The van der Waals surface area contributed by atoms with Crippen LogP contribution in [0, 0.1) is 0 Å². The zero-order chi connectivity index (χ0) is 12.5. The van der Waals surface area contributed by atoms with Gasteiger partial charge in [-0.2, -0.15) is 0 Å². The molecule has 94 valence electrons. The maximum Gasteiger partial charge on any atom is 0.147 e. The van der Waals surface area contributed by atoms with E-state index in [1.807, 2.05) is 24.3 Å². The number of hydrogen-bond donors (Lipinski definition) is 1. The molecule has 0 heterocycles. The molecule has 0 spiro atoms. The Labute approximate surface area is 102 Å². The normalized spacial score (nSPS) is 18.0.